The van der Waals surface area contributed by atoms with E-state index in [0.29, 0.717) is 11.6 Å². The molecule has 0 aliphatic heterocycles. The number of aryl methyl sites for hydroxylation is 2. The Kier molecular flexibility index (Phi) is 4.21. The third-order valence-electron chi connectivity index (χ3n) is 3.09. The number of rotatable bonds is 4. The normalized spacial score (nSPS) is 12.4. The summed E-state index contributed by atoms with van der Waals surface area (Å²) in [5, 5.41) is 6.84. The summed E-state index contributed by atoms with van der Waals surface area (Å²) in [5.74, 6) is 0.694. The van der Waals surface area contributed by atoms with Crippen LogP contribution in [0.25, 0.3) is 0 Å². The molecule has 0 bridgehead atoms. The lowest BCUT2D eigenvalue weighted by molar-refractivity contribution is 0.0889. The summed E-state index contributed by atoms with van der Waals surface area (Å²) < 4.78 is 6.90. The van der Waals surface area contributed by atoms with E-state index < -0.39 is 5.91 Å². The van der Waals surface area contributed by atoms with E-state index in [1.165, 1.54) is 18.5 Å². The highest BCUT2D eigenvalue weighted by Crippen LogP contribution is 2.19. The molecule has 0 aliphatic carbocycles. The summed E-state index contributed by atoms with van der Waals surface area (Å²) in [7, 11) is 1.76. The summed E-state index contributed by atoms with van der Waals surface area (Å²) in [4.78, 5) is 27.9. The molecule has 7 heteroatoms. The molecule has 2 heterocycles. The highest BCUT2D eigenvalue weighted by atomic mass is 16.3. The van der Waals surface area contributed by atoms with E-state index in [1.807, 2.05) is 13.8 Å². The maximum atomic E-state index is 12.3. The Bertz CT molecular complexity index is 702. The van der Waals surface area contributed by atoms with Crippen LogP contribution in [0.1, 0.15) is 42.0 Å². The standard InChI is InChI=1S/C14H18N4O3/c1-8(2)12(13-15-7-16-18(13)4)17-14(20)11-6-10(19)5-9(3)21-11/h5-8,12H,1-4H3,(H,17,20)/t12-/m1/s1. The molecule has 0 fully saturated rings. The molecule has 21 heavy (non-hydrogen) atoms. The first-order valence-electron chi connectivity index (χ1n) is 6.65. The van der Waals surface area contributed by atoms with Gasteiger partial charge in [-0.25, -0.2) is 4.98 Å². The molecule has 0 saturated heterocycles. The predicted octanol–water partition coefficient (Wildman–Crippen LogP) is 1.20. The van der Waals surface area contributed by atoms with Gasteiger partial charge in [0.2, 0.25) is 0 Å². The number of carbonyl (C=O) groups is 1. The second-order valence-corrected chi connectivity index (χ2v) is 5.21. The van der Waals surface area contributed by atoms with Gasteiger partial charge in [-0.2, -0.15) is 5.10 Å². The summed E-state index contributed by atoms with van der Waals surface area (Å²) in [5.41, 5.74) is -0.261. The van der Waals surface area contributed by atoms with Gasteiger partial charge in [-0.15, -0.1) is 0 Å². The number of hydrogen-bond donors (Lipinski definition) is 1. The Hall–Kier alpha value is -2.44. The van der Waals surface area contributed by atoms with Gasteiger partial charge in [0, 0.05) is 19.2 Å². The minimum atomic E-state index is -0.447. The van der Waals surface area contributed by atoms with Gasteiger partial charge in [0.25, 0.3) is 5.91 Å². The largest absolute Gasteiger partial charge is 0.456 e. The van der Waals surface area contributed by atoms with Gasteiger partial charge in [0.05, 0.1) is 6.04 Å². The van der Waals surface area contributed by atoms with Crippen molar-refractivity contribution in [3.8, 4) is 0 Å². The number of carbonyl (C=O) groups excluding carboxylic acids is 1. The first kappa shape index (κ1) is 15.0. The molecule has 0 aliphatic rings. The van der Waals surface area contributed by atoms with Crippen molar-refractivity contribution in [1.82, 2.24) is 20.1 Å². The van der Waals surface area contributed by atoms with Gasteiger partial charge in [0.15, 0.2) is 11.2 Å². The van der Waals surface area contributed by atoms with E-state index in [9.17, 15) is 9.59 Å². The molecule has 112 valence electrons. The molecule has 1 N–H and O–H groups in total. The zero-order valence-corrected chi connectivity index (χ0v) is 12.5. The molecular weight excluding hydrogens is 272 g/mol. The van der Waals surface area contributed by atoms with Crippen LogP contribution in [0.5, 0.6) is 0 Å². The number of nitrogens with one attached hydrogen (secondary N) is 1. The first-order chi connectivity index (χ1) is 9.88. The molecule has 2 rings (SSSR count). The monoisotopic (exact) mass is 290 g/mol. The molecule has 7 nitrogen and oxygen atoms in total. The lowest BCUT2D eigenvalue weighted by Gasteiger charge is -2.21. The molecule has 2 aromatic rings. The fourth-order valence-electron chi connectivity index (χ4n) is 2.04. The molecule has 2 aromatic heterocycles. The van der Waals surface area contributed by atoms with E-state index >= 15 is 0 Å². The smallest absolute Gasteiger partial charge is 0.287 e. The van der Waals surface area contributed by atoms with E-state index in [0.717, 1.165) is 0 Å². The number of amides is 1. The molecule has 0 unspecified atom stereocenters. The maximum Gasteiger partial charge on any atom is 0.287 e. The van der Waals surface area contributed by atoms with Crippen LogP contribution in [0.15, 0.2) is 27.7 Å². The van der Waals surface area contributed by atoms with Crippen LogP contribution in [-0.4, -0.2) is 20.7 Å². The summed E-state index contributed by atoms with van der Waals surface area (Å²) in [6.45, 7) is 5.55. The predicted molar refractivity (Wildman–Crippen MR) is 75.8 cm³/mol. The zero-order valence-electron chi connectivity index (χ0n) is 12.5. The second kappa shape index (κ2) is 5.90. The van der Waals surface area contributed by atoms with Crippen molar-refractivity contribution in [3.05, 3.63) is 46.0 Å². The highest BCUT2D eigenvalue weighted by molar-refractivity contribution is 5.91. The Morgan fingerprint density at radius 2 is 2.10 bits per heavy atom. The lowest BCUT2D eigenvalue weighted by atomic mass is 10.0. The van der Waals surface area contributed by atoms with E-state index in [1.54, 1.807) is 18.7 Å². The molecular formula is C14H18N4O3. The van der Waals surface area contributed by atoms with Gasteiger partial charge in [-0.05, 0) is 12.8 Å². The third-order valence-corrected chi connectivity index (χ3v) is 3.09. The van der Waals surface area contributed by atoms with Gasteiger partial charge in [0.1, 0.15) is 17.9 Å². The van der Waals surface area contributed by atoms with Crippen molar-refractivity contribution in [1.29, 1.82) is 0 Å². The van der Waals surface area contributed by atoms with E-state index in [2.05, 4.69) is 15.4 Å². The first-order valence-corrected chi connectivity index (χ1v) is 6.65. The third kappa shape index (κ3) is 3.36. The molecule has 0 spiro atoms. The van der Waals surface area contributed by atoms with Crippen LogP contribution < -0.4 is 10.7 Å². The average Bonchev–Trinajstić information content (AvgIpc) is 2.80. The van der Waals surface area contributed by atoms with Crippen LogP contribution >= 0.6 is 0 Å². The van der Waals surface area contributed by atoms with Crippen LogP contribution in [0, 0.1) is 12.8 Å². The molecule has 0 radical (unpaired) electrons. The molecule has 0 saturated carbocycles. The zero-order chi connectivity index (χ0) is 15.6. The molecule has 1 amide bonds. The molecule has 1 atom stereocenters. The topological polar surface area (TPSA) is 90.0 Å². The summed E-state index contributed by atoms with van der Waals surface area (Å²) in [6, 6.07) is 2.19. The fraction of sp³-hybridized carbons (Fsp3) is 0.429. The van der Waals surface area contributed by atoms with Crippen LogP contribution in [0.2, 0.25) is 0 Å². The van der Waals surface area contributed by atoms with Crippen molar-refractivity contribution in [2.45, 2.75) is 26.8 Å². The van der Waals surface area contributed by atoms with Crippen molar-refractivity contribution in [2.75, 3.05) is 0 Å². The van der Waals surface area contributed by atoms with Crippen LogP contribution in [0.3, 0.4) is 0 Å². The summed E-state index contributed by atoms with van der Waals surface area (Å²) in [6.07, 6.45) is 1.43. The highest BCUT2D eigenvalue weighted by Gasteiger charge is 2.24. The van der Waals surface area contributed by atoms with Gasteiger partial charge >= 0.3 is 0 Å². The molecule has 0 aromatic carbocycles. The van der Waals surface area contributed by atoms with Crippen LogP contribution in [-0.2, 0) is 7.05 Å². The summed E-state index contributed by atoms with van der Waals surface area (Å²) >= 11 is 0. The fourth-order valence-corrected chi connectivity index (χ4v) is 2.04. The quantitative estimate of drug-likeness (QED) is 0.914. The van der Waals surface area contributed by atoms with Crippen molar-refractivity contribution >= 4 is 5.91 Å². The van der Waals surface area contributed by atoms with Crippen LogP contribution in [0.4, 0.5) is 0 Å². The minimum absolute atomic E-state index is 0.00665. The Morgan fingerprint density at radius 1 is 1.38 bits per heavy atom. The van der Waals surface area contributed by atoms with E-state index in [-0.39, 0.29) is 23.1 Å². The Morgan fingerprint density at radius 3 is 2.62 bits per heavy atom. The number of hydrogen-bond acceptors (Lipinski definition) is 5. The SMILES string of the molecule is Cc1cc(=O)cc(C(=O)N[C@@H](c2ncnn2C)C(C)C)o1. The number of aromatic nitrogens is 3. The van der Waals surface area contributed by atoms with Gasteiger partial charge in [-0.3, -0.25) is 14.3 Å². The number of nitrogens with zero attached hydrogens (tertiary/aromatic N) is 3. The Labute approximate surface area is 122 Å². The maximum absolute atomic E-state index is 12.3. The van der Waals surface area contributed by atoms with Crippen molar-refractivity contribution in [2.24, 2.45) is 13.0 Å². The second-order valence-electron chi connectivity index (χ2n) is 5.21. The lowest BCUT2D eigenvalue weighted by Crippen LogP contribution is -2.34. The van der Waals surface area contributed by atoms with Gasteiger partial charge in [-0.1, -0.05) is 13.8 Å². The minimum Gasteiger partial charge on any atom is -0.456 e. The van der Waals surface area contributed by atoms with Crippen molar-refractivity contribution in [3.63, 3.8) is 0 Å². The van der Waals surface area contributed by atoms with Crippen molar-refractivity contribution < 1.29 is 9.21 Å². The van der Waals surface area contributed by atoms with Gasteiger partial charge < -0.3 is 9.73 Å². The average molecular weight is 290 g/mol. The van der Waals surface area contributed by atoms with E-state index in [4.69, 9.17) is 4.42 Å². The Balaban J connectivity index is 2.27.